The molecule has 1 heterocycles. The van der Waals surface area contributed by atoms with E-state index >= 15 is 0 Å². The highest BCUT2D eigenvalue weighted by molar-refractivity contribution is 6.30. The van der Waals surface area contributed by atoms with Gasteiger partial charge in [0.05, 0.1) is 11.6 Å². The first-order chi connectivity index (χ1) is 9.20. The van der Waals surface area contributed by atoms with E-state index in [0.29, 0.717) is 13.2 Å². The van der Waals surface area contributed by atoms with Gasteiger partial charge in [0.25, 0.3) is 0 Å². The van der Waals surface area contributed by atoms with Crippen molar-refractivity contribution in [1.29, 1.82) is 0 Å². The van der Waals surface area contributed by atoms with Crippen LogP contribution in [0, 0.1) is 0 Å². The minimum absolute atomic E-state index is 0.0579. The summed E-state index contributed by atoms with van der Waals surface area (Å²) in [6, 6.07) is 7.90. The molecular formula is C14H21ClN2O2. The molecule has 2 rings (SSSR count). The fourth-order valence-corrected chi connectivity index (χ4v) is 2.79. The van der Waals surface area contributed by atoms with Crippen molar-refractivity contribution in [1.82, 2.24) is 5.43 Å². The predicted octanol–water partition coefficient (Wildman–Crippen LogP) is 1.91. The van der Waals surface area contributed by atoms with Crippen LogP contribution in [-0.4, -0.2) is 32.0 Å². The number of nitrogens with one attached hydrogen (secondary N) is 1. The molecule has 5 heteroatoms. The van der Waals surface area contributed by atoms with Crippen LogP contribution in [0.5, 0.6) is 0 Å². The molecule has 4 nitrogen and oxygen atoms in total. The SMILES string of the molecule is COC1(C(Cc2ccc(Cl)cc2)NN)CCOCC1. The largest absolute Gasteiger partial charge is 0.381 e. The number of benzene rings is 1. The Morgan fingerprint density at radius 1 is 1.37 bits per heavy atom. The zero-order chi connectivity index (χ0) is 13.7. The highest BCUT2D eigenvalue weighted by Gasteiger charge is 2.40. The topological polar surface area (TPSA) is 56.5 Å². The van der Waals surface area contributed by atoms with E-state index < -0.39 is 0 Å². The third-order valence-electron chi connectivity index (χ3n) is 3.94. The Bertz CT molecular complexity index is 391. The minimum atomic E-state index is -0.257. The molecule has 0 saturated carbocycles. The third-order valence-corrected chi connectivity index (χ3v) is 4.19. The molecule has 1 aliphatic rings. The van der Waals surface area contributed by atoms with E-state index in [1.165, 1.54) is 5.56 Å². The van der Waals surface area contributed by atoms with Gasteiger partial charge in [-0.1, -0.05) is 23.7 Å². The van der Waals surface area contributed by atoms with Crippen molar-refractivity contribution in [3.8, 4) is 0 Å². The number of hydrogen-bond donors (Lipinski definition) is 2. The zero-order valence-corrected chi connectivity index (χ0v) is 12.0. The fourth-order valence-electron chi connectivity index (χ4n) is 2.66. The molecular weight excluding hydrogens is 264 g/mol. The van der Waals surface area contributed by atoms with Gasteiger partial charge in [0, 0.05) is 38.2 Å². The Kier molecular flexibility index (Phi) is 5.19. The van der Waals surface area contributed by atoms with Gasteiger partial charge >= 0.3 is 0 Å². The fraction of sp³-hybridized carbons (Fsp3) is 0.571. The number of hydrazine groups is 1. The molecule has 1 unspecified atom stereocenters. The van der Waals surface area contributed by atoms with Crippen LogP contribution < -0.4 is 11.3 Å². The third kappa shape index (κ3) is 3.46. The average molecular weight is 285 g/mol. The number of nitrogens with two attached hydrogens (primary N) is 1. The summed E-state index contributed by atoms with van der Waals surface area (Å²) in [4.78, 5) is 0. The minimum Gasteiger partial charge on any atom is -0.381 e. The first kappa shape index (κ1) is 14.8. The van der Waals surface area contributed by atoms with E-state index in [0.717, 1.165) is 24.3 Å². The Hall–Kier alpha value is -0.650. The Morgan fingerprint density at radius 3 is 2.53 bits per heavy atom. The summed E-state index contributed by atoms with van der Waals surface area (Å²) in [6.45, 7) is 1.43. The van der Waals surface area contributed by atoms with Crippen molar-refractivity contribution in [2.75, 3.05) is 20.3 Å². The first-order valence-electron chi connectivity index (χ1n) is 6.54. The smallest absolute Gasteiger partial charge is 0.0891 e. The lowest BCUT2D eigenvalue weighted by Gasteiger charge is -2.42. The maximum absolute atomic E-state index is 5.90. The van der Waals surface area contributed by atoms with Crippen molar-refractivity contribution in [3.05, 3.63) is 34.9 Å². The van der Waals surface area contributed by atoms with Gasteiger partial charge < -0.3 is 9.47 Å². The van der Waals surface area contributed by atoms with Crippen molar-refractivity contribution in [2.24, 2.45) is 5.84 Å². The molecule has 0 spiro atoms. The summed E-state index contributed by atoms with van der Waals surface area (Å²) in [5.41, 5.74) is 3.85. The van der Waals surface area contributed by atoms with Gasteiger partial charge in [-0.05, 0) is 24.1 Å². The number of methoxy groups -OCH3 is 1. The van der Waals surface area contributed by atoms with Gasteiger partial charge in [-0.2, -0.15) is 0 Å². The zero-order valence-electron chi connectivity index (χ0n) is 11.2. The van der Waals surface area contributed by atoms with Gasteiger partial charge in [0.1, 0.15) is 0 Å². The molecule has 19 heavy (non-hydrogen) atoms. The van der Waals surface area contributed by atoms with Gasteiger partial charge in [-0.15, -0.1) is 0 Å². The summed E-state index contributed by atoms with van der Waals surface area (Å²) < 4.78 is 11.2. The normalized spacial score (nSPS) is 20.2. The molecule has 0 radical (unpaired) electrons. The Labute approximate surface area is 119 Å². The maximum atomic E-state index is 5.90. The average Bonchev–Trinajstić information content (AvgIpc) is 2.47. The van der Waals surface area contributed by atoms with Crippen LogP contribution in [0.15, 0.2) is 24.3 Å². The molecule has 1 atom stereocenters. The summed E-state index contributed by atoms with van der Waals surface area (Å²) in [5, 5.41) is 0.744. The number of hydrogen-bond acceptors (Lipinski definition) is 4. The summed E-state index contributed by atoms with van der Waals surface area (Å²) >= 11 is 5.90. The Morgan fingerprint density at radius 2 is 2.00 bits per heavy atom. The highest BCUT2D eigenvalue weighted by Crippen LogP contribution is 2.30. The van der Waals surface area contributed by atoms with Crippen LogP contribution >= 0.6 is 11.6 Å². The van der Waals surface area contributed by atoms with E-state index in [1.807, 2.05) is 24.3 Å². The number of halogens is 1. The van der Waals surface area contributed by atoms with Crippen LogP contribution in [0.4, 0.5) is 0 Å². The monoisotopic (exact) mass is 284 g/mol. The molecule has 0 aliphatic carbocycles. The second-order valence-electron chi connectivity index (χ2n) is 4.93. The van der Waals surface area contributed by atoms with E-state index in [1.54, 1.807) is 7.11 Å². The molecule has 1 fully saturated rings. The summed E-state index contributed by atoms with van der Waals surface area (Å²) in [6.07, 6.45) is 2.51. The van der Waals surface area contributed by atoms with Gasteiger partial charge in [-0.3, -0.25) is 11.3 Å². The van der Waals surface area contributed by atoms with Crippen LogP contribution in [0.25, 0.3) is 0 Å². The molecule has 1 aromatic rings. The molecule has 1 saturated heterocycles. The lowest BCUT2D eigenvalue weighted by atomic mass is 9.83. The molecule has 3 N–H and O–H groups in total. The van der Waals surface area contributed by atoms with E-state index in [-0.39, 0.29) is 11.6 Å². The van der Waals surface area contributed by atoms with Crippen LogP contribution in [0.1, 0.15) is 18.4 Å². The van der Waals surface area contributed by atoms with E-state index in [9.17, 15) is 0 Å². The molecule has 106 valence electrons. The lowest BCUT2D eigenvalue weighted by Crippen LogP contribution is -2.58. The molecule has 1 aliphatic heterocycles. The maximum Gasteiger partial charge on any atom is 0.0891 e. The van der Waals surface area contributed by atoms with Crippen molar-refractivity contribution in [2.45, 2.75) is 30.9 Å². The summed E-state index contributed by atoms with van der Waals surface area (Å²) in [5.74, 6) is 5.75. The predicted molar refractivity (Wildman–Crippen MR) is 76.1 cm³/mol. The standard InChI is InChI=1S/C14H21ClN2O2/c1-18-14(6-8-19-9-7-14)13(17-16)10-11-2-4-12(15)5-3-11/h2-5,13,17H,6-10,16H2,1H3. The van der Waals surface area contributed by atoms with E-state index in [4.69, 9.17) is 26.9 Å². The van der Waals surface area contributed by atoms with Gasteiger partial charge in [0.15, 0.2) is 0 Å². The van der Waals surface area contributed by atoms with E-state index in [2.05, 4.69) is 5.43 Å². The molecule has 1 aromatic carbocycles. The molecule has 0 aromatic heterocycles. The van der Waals surface area contributed by atoms with Gasteiger partial charge in [0.2, 0.25) is 0 Å². The van der Waals surface area contributed by atoms with Crippen molar-refractivity contribution < 1.29 is 9.47 Å². The Balaban J connectivity index is 2.11. The van der Waals surface area contributed by atoms with Crippen LogP contribution in [-0.2, 0) is 15.9 Å². The van der Waals surface area contributed by atoms with Gasteiger partial charge in [-0.25, -0.2) is 0 Å². The first-order valence-corrected chi connectivity index (χ1v) is 6.91. The molecule has 0 amide bonds. The van der Waals surface area contributed by atoms with Crippen molar-refractivity contribution in [3.63, 3.8) is 0 Å². The quantitative estimate of drug-likeness (QED) is 0.641. The number of ether oxygens (including phenoxy) is 2. The summed E-state index contributed by atoms with van der Waals surface area (Å²) in [7, 11) is 1.75. The van der Waals surface area contributed by atoms with Crippen LogP contribution in [0.2, 0.25) is 5.02 Å². The van der Waals surface area contributed by atoms with Crippen LogP contribution in [0.3, 0.4) is 0 Å². The second-order valence-corrected chi connectivity index (χ2v) is 5.37. The second kappa shape index (κ2) is 6.68. The highest BCUT2D eigenvalue weighted by atomic mass is 35.5. The lowest BCUT2D eigenvalue weighted by molar-refractivity contribution is -0.110. The van der Waals surface area contributed by atoms with Crippen molar-refractivity contribution >= 4 is 11.6 Å². The molecule has 0 bridgehead atoms. The number of rotatable bonds is 5.